The Morgan fingerprint density at radius 3 is 2.42 bits per heavy atom. The van der Waals surface area contributed by atoms with Crippen LogP contribution in [-0.4, -0.2) is 10.8 Å². The van der Waals surface area contributed by atoms with Gasteiger partial charge in [0.1, 0.15) is 0 Å². The maximum atomic E-state index is 12.6. The van der Waals surface area contributed by atoms with Crippen molar-refractivity contribution in [3.05, 3.63) is 46.6 Å². The number of alkyl halides is 3. The van der Waals surface area contributed by atoms with E-state index in [0.717, 1.165) is 12.1 Å². The lowest BCUT2D eigenvalue weighted by molar-refractivity contribution is -0.137. The van der Waals surface area contributed by atoms with Crippen LogP contribution in [0.5, 0.6) is 0 Å². The second kappa shape index (κ2) is 4.74. The smallest absolute Gasteiger partial charge is 0.352 e. The van der Waals surface area contributed by atoms with E-state index in [9.17, 15) is 18.0 Å². The van der Waals surface area contributed by atoms with Crippen LogP contribution in [0, 0.1) is 0 Å². The second-order valence-electron chi connectivity index (χ2n) is 4.03. The summed E-state index contributed by atoms with van der Waals surface area (Å²) >= 11 is 5.90. The molecule has 0 aliphatic carbocycles. The molecule has 1 heterocycles. The van der Waals surface area contributed by atoms with Gasteiger partial charge in [0.05, 0.1) is 11.3 Å². The van der Waals surface area contributed by atoms with Crippen LogP contribution in [0.15, 0.2) is 30.3 Å². The fraction of sp³-hybridized carbons (Fsp3) is 0.154. The zero-order valence-corrected chi connectivity index (χ0v) is 10.6. The summed E-state index contributed by atoms with van der Waals surface area (Å²) in [5.74, 6) is -0.200. The molecule has 0 aliphatic rings. The molecule has 0 saturated carbocycles. The van der Waals surface area contributed by atoms with E-state index in [1.54, 1.807) is 0 Å². The van der Waals surface area contributed by atoms with Gasteiger partial charge in [-0.3, -0.25) is 4.79 Å². The molecule has 6 heteroatoms. The molecule has 0 bridgehead atoms. The largest absolute Gasteiger partial charge is 0.416 e. The molecule has 0 unspecified atom stereocenters. The van der Waals surface area contributed by atoms with Crippen LogP contribution in [-0.2, 0) is 6.18 Å². The van der Waals surface area contributed by atoms with E-state index in [2.05, 4.69) is 4.98 Å². The summed E-state index contributed by atoms with van der Waals surface area (Å²) in [6.45, 7) is 1.36. The molecule has 100 valence electrons. The number of carbonyl (C=O) groups excluding carboxylic acids is 1. The third kappa shape index (κ3) is 2.81. The Morgan fingerprint density at radius 1 is 1.21 bits per heavy atom. The third-order valence-corrected chi connectivity index (χ3v) is 2.98. The zero-order valence-electron chi connectivity index (χ0n) is 9.81. The number of carbonyl (C=O) groups is 1. The maximum Gasteiger partial charge on any atom is 0.416 e. The molecule has 0 radical (unpaired) electrons. The number of hydrogen-bond donors (Lipinski definition) is 1. The standard InChI is InChI=1S/C13H9ClF3NO/c1-7(19)11-4-5-12(18-11)9-6-8(13(15,16)17)2-3-10(9)14/h2-6,18H,1H3. The van der Waals surface area contributed by atoms with Crippen LogP contribution in [0.1, 0.15) is 23.0 Å². The molecular weight excluding hydrogens is 279 g/mol. The molecule has 0 amide bonds. The van der Waals surface area contributed by atoms with Crippen LogP contribution < -0.4 is 0 Å². The van der Waals surface area contributed by atoms with Crippen molar-refractivity contribution in [2.45, 2.75) is 13.1 Å². The molecule has 0 atom stereocenters. The van der Waals surface area contributed by atoms with Gasteiger partial charge in [-0.25, -0.2) is 0 Å². The third-order valence-electron chi connectivity index (χ3n) is 2.65. The highest BCUT2D eigenvalue weighted by Crippen LogP contribution is 2.35. The number of aromatic amines is 1. The molecule has 1 N–H and O–H groups in total. The molecule has 0 spiro atoms. The van der Waals surface area contributed by atoms with E-state index in [0.29, 0.717) is 11.4 Å². The Labute approximate surface area is 112 Å². The van der Waals surface area contributed by atoms with Crippen molar-refractivity contribution in [3.63, 3.8) is 0 Å². The maximum absolute atomic E-state index is 12.6. The molecule has 0 fully saturated rings. The van der Waals surface area contributed by atoms with E-state index >= 15 is 0 Å². The number of rotatable bonds is 2. The minimum Gasteiger partial charge on any atom is -0.352 e. The zero-order chi connectivity index (χ0) is 14.2. The highest BCUT2D eigenvalue weighted by atomic mass is 35.5. The Hall–Kier alpha value is -1.75. The molecule has 0 saturated heterocycles. The van der Waals surface area contributed by atoms with Gasteiger partial charge >= 0.3 is 6.18 Å². The summed E-state index contributed by atoms with van der Waals surface area (Å²) in [5.41, 5.74) is 0.125. The van der Waals surface area contributed by atoms with E-state index in [1.807, 2.05) is 0 Å². The number of Topliss-reactive ketones (excluding diaryl/α,β-unsaturated/α-hetero) is 1. The van der Waals surface area contributed by atoms with Gasteiger partial charge in [0, 0.05) is 23.2 Å². The first kappa shape index (κ1) is 13.7. The van der Waals surface area contributed by atoms with Gasteiger partial charge in [-0.2, -0.15) is 13.2 Å². The average molecular weight is 288 g/mol. The van der Waals surface area contributed by atoms with E-state index in [-0.39, 0.29) is 16.4 Å². The van der Waals surface area contributed by atoms with Crippen LogP contribution >= 0.6 is 11.6 Å². The molecule has 0 aliphatic heterocycles. The summed E-state index contributed by atoms with van der Waals surface area (Å²) in [6, 6.07) is 6.10. The summed E-state index contributed by atoms with van der Waals surface area (Å²) < 4.78 is 37.9. The van der Waals surface area contributed by atoms with Crippen LogP contribution in [0.4, 0.5) is 13.2 Å². The normalized spacial score (nSPS) is 11.6. The lowest BCUT2D eigenvalue weighted by Gasteiger charge is -2.09. The minimum atomic E-state index is -4.44. The van der Waals surface area contributed by atoms with Crippen LogP contribution in [0.3, 0.4) is 0 Å². The molecule has 1 aromatic carbocycles. The van der Waals surface area contributed by atoms with Crippen molar-refractivity contribution >= 4 is 17.4 Å². The Bertz CT molecular complexity index is 631. The monoisotopic (exact) mass is 287 g/mol. The Morgan fingerprint density at radius 2 is 1.89 bits per heavy atom. The predicted octanol–water partition coefficient (Wildman–Crippen LogP) is 4.56. The number of nitrogens with one attached hydrogen (secondary N) is 1. The summed E-state index contributed by atoms with van der Waals surface area (Å²) in [7, 11) is 0. The quantitative estimate of drug-likeness (QED) is 0.807. The average Bonchev–Trinajstić information content (AvgIpc) is 2.77. The minimum absolute atomic E-state index is 0.185. The van der Waals surface area contributed by atoms with Crippen molar-refractivity contribution < 1.29 is 18.0 Å². The fourth-order valence-corrected chi connectivity index (χ4v) is 1.88. The Kier molecular flexibility index (Phi) is 3.41. The molecular formula is C13H9ClF3NO. The van der Waals surface area contributed by atoms with Crippen LogP contribution in [0.25, 0.3) is 11.3 Å². The van der Waals surface area contributed by atoms with E-state index in [1.165, 1.54) is 25.1 Å². The van der Waals surface area contributed by atoms with Crippen LogP contribution in [0.2, 0.25) is 5.02 Å². The van der Waals surface area contributed by atoms with Crippen molar-refractivity contribution in [2.75, 3.05) is 0 Å². The van der Waals surface area contributed by atoms with Gasteiger partial charge in [0.25, 0.3) is 0 Å². The first-order valence-corrected chi connectivity index (χ1v) is 5.74. The number of halogens is 4. The number of ketones is 1. The Balaban J connectivity index is 2.51. The summed E-state index contributed by atoms with van der Waals surface area (Å²) in [6.07, 6.45) is -4.44. The molecule has 19 heavy (non-hydrogen) atoms. The lowest BCUT2D eigenvalue weighted by Crippen LogP contribution is -2.04. The number of hydrogen-bond acceptors (Lipinski definition) is 1. The van der Waals surface area contributed by atoms with Gasteiger partial charge in [-0.1, -0.05) is 11.6 Å². The van der Waals surface area contributed by atoms with Crippen molar-refractivity contribution in [1.82, 2.24) is 4.98 Å². The lowest BCUT2D eigenvalue weighted by atomic mass is 10.1. The topological polar surface area (TPSA) is 32.9 Å². The van der Waals surface area contributed by atoms with Crippen molar-refractivity contribution in [1.29, 1.82) is 0 Å². The van der Waals surface area contributed by atoms with E-state index in [4.69, 9.17) is 11.6 Å². The molecule has 2 rings (SSSR count). The summed E-state index contributed by atoms with van der Waals surface area (Å²) in [5, 5.41) is 0.185. The SMILES string of the molecule is CC(=O)c1ccc(-c2cc(C(F)(F)F)ccc2Cl)[nH]1. The first-order valence-electron chi connectivity index (χ1n) is 5.36. The molecule has 1 aromatic heterocycles. The highest BCUT2D eigenvalue weighted by Gasteiger charge is 2.31. The fourth-order valence-electron chi connectivity index (χ4n) is 1.67. The molecule has 2 nitrogen and oxygen atoms in total. The number of H-pyrrole nitrogens is 1. The van der Waals surface area contributed by atoms with Gasteiger partial charge in [-0.15, -0.1) is 0 Å². The van der Waals surface area contributed by atoms with Gasteiger partial charge in [0.15, 0.2) is 5.78 Å². The van der Waals surface area contributed by atoms with E-state index < -0.39 is 11.7 Å². The van der Waals surface area contributed by atoms with Gasteiger partial charge in [-0.05, 0) is 30.3 Å². The summed E-state index contributed by atoms with van der Waals surface area (Å²) in [4.78, 5) is 13.9. The number of aromatic nitrogens is 1. The predicted molar refractivity (Wildman–Crippen MR) is 66.2 cm³/mol. The number of benzene rings is 1. The van der Waals surface area contributed by atoms with Crippen molar-refractivity contribution in [3.8, 4) is 11.3 Å². The second-order valence-corrected chi connectivity index (χ2v) is 4.44. The highest BCUT2D eigenvalue weighted by molar-refractivity contribution is 6.33. The van der Waals surface area contributed by atoms with Gasteiger partial charge in [0.2, 0.25) is 0 Å². The van der Waals surface area contributed by atoms with Crippen molar-refractivity contribution in [2.24, 2.45) is 0 Å². The molecule has 2 aromatic rings. The van der Waals surface area contributed by atoms with Gasteiger partial charge < -0.3 is 4.98 Å². The first-order chi connectivity index (χ1) is 8.79.